The Morgan fingerprint density at radius 1 is 1.38 bits per heavy atom. The van der Waals surface area contributed by atoms with Gasteiger partial charge in [0.2, 0.25) is 0 Å². The summed E-state index contributed by atoms with van der Waals surface area (Å²) in [5.74, 6) is 1.74. The van der Waals surface area contributed by atoms with Gasteiger partial charge in [0.25, 0.3) is 0 Å². The normalized spacial score (nSPS) is 9.77. The fourth-order valence-electron chi connectivity index (χ4n) is 0.950. The van der Waals surface area contributed by atoms with Gasteiger partial charge in [-0.25, -0.2) is 0 Å². The molecule has 0 fully saturated rings. The fraction of sp³-hybridized carbons (Fsp3) is 0.400. The molecule has 0 aliphatic rings. The molecule has 0 heterocycles. The van der Waals surface area contributed by atoms with Crippen LogP contribution in [0.2, 0.25) is 0 Å². The predicted molar refractivity (Wildman–Crippen MR) is 61.5 cm³/mol. The molecule has 0 saturated heterocycles. The Bertz CT molecular complexity index is 274. The van der Waals surface area contributed by atoms with Crippen molar-refractivity contribution >= 4 is 22.6 Å². The van der Waals surface area contributed by atoms with Crippen molar-refractivity contribution in [1.82, 2.24) is 0 Å². The van der Waals surface area contributed by atoms with E-state index in [2.05, 4.69) is 29.5 Å². The lowest BCUT2D eigenvalue weighted by Gasteiger charge is -2.07. The smallest absolute Gasteiger partial charge is 0.135 e. The second kappa shape index (κ2) is 5.32. The van der Waals surface area contributed by atoms with E-state index in [1.165, 1.54) is 0 Å². The van der Waals surface area contributed by atoms with Crippen LogP contribution in [-0.2, 0) is 0 Å². The summed E-state index contributed by atoms with van der Waals surface area (Å²) in [7, 11) is 1.67. The molecule has 1 rings (SSSR count). The molecule has 0 spiro atoms. The Morgan fingerprint density at radius 3 is 2.77 bits per heavy atom. The van der Waals surface area contributed by atoms with E-state index in [0.29, 0.717) is 0 Å². The number of ether oxygens (including phenoxy) is 2. The van der Waals surface area contributed by atoms with Crippen LogP contribution in [0, 0.1) is 3.57 Å². The second-order valence-electron chi connectivity index (χ2n) is 2.64. The highest BCUT2D eigenvalue weighted by atomic mass is 127. The maximum absolute atomic E-state index is 5.47. The summed E-state index contributed by atoms with van der Waals surface area (Å²) in [6, 6.07) is 5.86. The number of hydrogen-bond acceptors (Lipinski definition) is 2. The Hall–Kier alpha value is -0.450. The highest BCUT2D eigenvalue weighted by Crippen LogP contribution is 2.25. The summed E-state index contributed by atoms with van der Waals surface area (Å²) in [6.45, 7) is 2.84. The van der Waals surface area contributed by atoms with Crippen molar-refractivity contribution in [3.05, 3.63) is 21.8 Å². The Kier molecular flexibility index (Phi) is 4.35. The van der Waals surface area contributed by atoms with E-state index in [4.69, 9.17) is 9.47 Å². The molecule has 2 nitrogen and oxygen atoms in total. The molecule has 1 aromatic carbocycles. The Morgan fingerprint density at radius 2 is 2.15 bits per heavy atom. The van der Waals surface area contributed by atoms with Gasteiger partial charge in [-0.2, -0.15) is 0 Å². The van der Waals surface area contributed by atoms with Crippen molar-refractivity contribution in [3.63, 3.8) is 0 Å². The van der Waals surface area contributed by atoms with Gasteiger partial charge in [-0.15, -0.1) is 0 Å². The zero-order chi connectivity index (χ0) is 9.68. The van der Waals surface area contributed by atoms with Crippen LogP contribution in [0.3, 0.4) is 0 Å². The first kappa shape index (κ1) is 10.6. The monoisotopic (exact) mass is 292 g/mol. The van der Waals surface area contributed by atoms with Gasteiger partial charge >= 0.3 is 0 Å². The van der Waals surface area contributed by atoms with E-state index in [1.807, 2.05) is 18.2 Å². The van der Waals surface area contributed by atoms with Crippen LogP contribution < -0.4 is 9.47 Å². The molecule has 0 aliphatic carbocycles. The zero-order valence-corrected chi connectivity index (χ0v) is 10.00. The molecule has 0 bridgehead atoms. The summed E-state index contributed by atoms with van der Waals surface area (Å²) in [6.07, 6.45) is 1.02. The average Bonchev–Trinajstić information content (AvgIpc) is 2.16. The van der Waals surface area contributed by atoms with Crippen molar-refractivity contribution in [2.24, 2.45) is 0 Å². The van der Waals surface area contributed by atoms with Crippen molar-refractivity contribution < 1.29 is 9.47 Å². The van der Waals surface area contributed by atoms with E-state index >= 15 is 0 Å². The molecule has 0 N–H and O–H groups in total. The summed E-state index contributed by atoms with van der Waals surface area (Å²) in [4.78, 5) is 0. The van der Waals surface area contributed by atoms with Crippen LogP contribution in [-0.4, -0.2) is 13.7 Å². The minimum absolute atomic E-state index is 0.754. The van der Waals surface area contributed by atoms with E-state index in [1.54, 1.807) is 7.11 Å². The van der Waals surface area contributed by atoms with Gasteiger partial charge in [0.15, 0.2) is 0 Å². The lowest BCUT2D eigenvalue weighted by molar-refractivity contribution is 0.314. The van der Waals surface area contributed by atoms with Crippen LogP contribution in [0.4, 0.5) is 0 Å². The third-order valence-corrected chi connectivity index (χ3v) is 2.49. The van der Waals surface area contributed by atoms with Crippen molar-refractivity contribution in [2.75, 3.05) is 13.7 Å². The standard InChI is InChI=1S/C10H13IO2/c1-3-6-13-8-4-5-9(11)10(7-8)12-2/h4-5,7H,3,6H2,1-2H3. The Labute approximate surface area is 92.4 Å². The summed E-state index contributed by atoms with van der Waals surface area (Å²) < 4.78 is 11.7. The minimum atomic E-state index is 0.754. The molecule has 13 heavy (non-hydrogen) atoms. The number of benzene rings is 1. The molecule has 3 heteroatoms. The van der Waals surface area contributed by atoms with Crippen LogP contribution in [0.5, 0.6) is 11.5 Å². The van der Waals surface area contributed by atoms with Crippen molar-refractivity contribution in [1.29, 1.82) is 0 Å². The zero-order valence-electron chi connectivity index (χ0n) is 7.84. The number of methoxy groups -OCH3 is 1. The van der Waals surface area contributed by atoms with Crippen LogP contribution in [0.25, 0.3) is 0 Å². The molecule has 0 unspecified atom stereocenters. The highest BCUT2D eigenvalue weighted by molar-refractivity contribution is 14.1. The first-order chi connectivity index (χ1) is 6.27. The molecule has 72 valence electrons. The summed E-state index contributed by atoms with van der Waals surface area (Å²) in [5, 5.41) is 0. The van der Waals surface area contributed by atoms with E-state index in [-0.39, 0.29) is 0 Å². The van der Waals surface area contributed by atoms with Crippen molar-refractivity contribution in [3.8, 4) is 11.5 Å². The molecular formula is C10H13IO2. The summed E-state index contributed by atoms with van der Waals surface area (Å²) in [5.41, 5.74) is 0. The highest BCUT2D eigenvalue weighted by Gasteiger charge is 2.01. The third-order valence-electron chi connectivity index (χ3n) is 1.60. The summed E-state index contributed by atoms with van der Waals surface area (Å²) >= 11 is 2.23. The third kappa shape index (κ3) is 3.06. The minimum Gasteiger partial charge on any atom is -0.496 e. The van der Waals surface area contributed by atoms with Gasteiger partial charge in [-0.1, -0.05) is 6.92 Å². The van der Waals surface area contributed by atoms with Gasteiger partial charge in [0, 0.05) is 6.07 Å². The maximum Gasteiger partial charge on any atom is 0.135 e. The van der Waals surface area contributed by atoms with Crippen LogP contribution in [0.15, 0.2) is 18.2 Å². The lowest BCUT2D eigenvalue weighted by atomic mass is 10.3. The van der Waals surface area contributed by atoms with Gasteiger partial charge in [-0.05, 0) is 41.1 Å². The van der Waals surface area contributed by atoms with Crippen molar-refractivity contribution in [2.45, 2.75) is 13.3 Å². The largest absolute Gasteiger partial charge is 0.496 e. The first-order valence-corrected chi connectivity index (χ1v) is 5.32. The van der Waals surface area contributed by atoms with Crippen LogP contribution >= 0.6 is 22.6 Å². The van der Waals surface area contributed by atoms with E-state index in [9.17, 15) is 0 Å². The van der Waals surface area contributed by atoms with E-state index in [0.717, 1.165) is 28.1 Å². The Balaban J connectivity index is 2.74. The topological polar surface area (TPSA) is 18.5 Å². The van der Waals surface area contributed by atoms with Gasteiger partial charge < -0.3 is 9.47 Å². The predicted octanol–water partition coefficient (Wildman–Crippen LogP) is 3.09. The molecule has 0 aromatic heterocycles. The fourth-order valence-corrected chi connectivity index (χ4v) is 1.51. The van der Waals surface area contributed by atoms with Gasteiger partial charge in [-0.3, -0.25) is 0 Å². The second-order valence-corrected chi connectivity index (χ2v) is 3.81. The van der Waals surface area contributed by atoms with Gasteiger partial charge in [0.1, 0.15) is 11.5 Å². The lowest BCUT2D eigenvalue weighted by Crippen LogP contribution is -1.96. The first-order valence-electron chi connectivity index (χ1n) is 4.24. The number of hydrogen-bond donors (Lipinski definition) is 0. The SMILES string of the molecule is CCCOc1ccc(I)c(OC)c1. The molecule has 0 saturated carbocycles. The van der Waals surface area contributed by atoms with E-state index < -0.39 is 0 Å². The van der Waals surface area contributed by atoms with Crippen LogP contribution in [0.1, 0.15) is 13.3 Å². The number of rotatable bonds is 4. The molecule has 0 aliphatic heterocycles. The maximum atomic E-state index is 5.47. The quantitative estimate of drug-likeness (QED) is 0.794. The molecule has 0 radical (unpaired) electrons. The number of halogens is 1. The molecule has 0 amide bonds. The van der Waals surface area contributed by atoms with Gasteiger partial charge in [0.05, 0.1) is 17.3 Å². The molecular weight excluding hydrogens is 279 g/mol. The molecule has 1 aromatic rings. The average molecular weight is 292 g/mol. The molecule has 0 atom stereocenters.